The lowest BCUT2D eigenvalue weighted by atomic mass is 9.97. The third-order valence-electron chi connectivity index (χ3n) is 4.53. The summed E-state index contributed by atoms with van der Waals surface area (Å²) < 4.78 is 39.4. The standard InChI is InChI=1S/C23H18F3NO3/c24-23(25,26)19-13-7-6-12-18(19)20(28)14-27-22(30)17-11-5-4-10-16(17)21(29)15-8-2-1-3-9-15/h1-13,20,28H,14H2,(H,27,30). The number of carbonyl (C=O) groups is 2. The minimum absolute atomic E-state index is 0.0719. The summed E-state index contributed by atoms with van der Waals surface area (Å²) in [7, 11) is 0. The monoisotopic (exact) mass is 413 g/mol. The first-order valence-corrected chi connectivity index (χ1v) is 9.10. The number of alkyl halides is 3. The minimum atomic E-state index is -4.63. The van der Waals surface area contributed by atoms with Gasteiger partial charge >= 0.3 is 6.18 Å². The molecular weight excluding hydrogens is 395 g/mol. The molecule has 0 heterocycles. The summed E-state index contributed by atoms with van der Waals surface area (Å²) in [6, 6.07) is 19.2. The third-order valence-corrected chi connectivity index (χ3v) is 4.53. The molecule has 1 amide bonds. The van der Waals surface area contributed by atoms with Crippen LogP contribution >= 0.6 is 0 Å². The van der Waals surface area contributed by atoms with Crippen LogP contribution in [0.5, 0.6) is 0 Å². The predicted molar refractivity (Wildman–Crippen MR) is 105 cm³/mol. The topological polar surface area (TPSA) is 66.4 Å². The fourth-order valence-corrected chi connectivity index (χ4v) is 3.06. The Morgan fingerprint density at radius 1 is 0.833 bits per heavy atom. The zero-order valence-electron chi connectivity index (χ0n) is 15.7. The molecule has 7 heteroatoms. The van der Waals surface area contributed by atoms with Gasteiger partial charge in [-0.05, 0) is 17.7 Å². The average molecular weight is 413 g/mol. The van der Waals surface area contributed by atoms with Crippen LogP contribution in [0.1, 0.15) is 43.5 Å². The average Bonchev–Trinajstić information content (AvgIpc) is 2.76. The summed E-state index contributed by atoms with van der Waals surface area (Å²) in [6.07, 6.45) is -6.19. The van der Waals surface area contributed by atoms with E-state index in [2.05, 4.69) is 5.32 Å². The summed E-state index contributed by atoms with van der Waals surface area (Å²) in [5.41, 5.74) is -0.670. The molecule has 0 aliphatic rings. The van der Waals surface area contributed by atoms with E-state index in [-0.39, 0.29) is 22.5 Å². The van der Waals surface area contributed by atoms with Crippen LogP contribution in [0.2, 0.25) is 0 Å². The number of halogens is 3. The number of ketones is 1. The van der Waals surface area contributed by atoms with E-state index in [1.807, 2.05) is 0 Å². The molecule has 0 spiro atoms. The first kappa shape index (κ1) is 21.3. The Bertz CT molecular complexity index is 1050. The molecule has 3 aromatic carbocycles. The fourth-order valence-electron chi connectivity index (χ4n) is 3.06. The largest absolute Gasteiger partial charge is 0.416 e. The highest BCUT2D eigenvalue weighted by atomic mass is 19.4. The maximum atomic E-state index is 13.1. The van der Waals surface area contributed by atoms with Gasteiger partial charge in [-0.15, -0.1) is 0 Å². The lowest BCUT2D eigenvalue weighted by Gasteiger charge is -2.18. The molecule has 1 unspecified atom stereocenters. The Labute approximate surface area is 171 Å². The van der Waals surface area contributed by atoms with Crippen LogP contribution in [0.15, 0.2) is 78.9 Å². The first-order valence-electron chi connectivity index (χ1n) is 9.10. The normalized spacial score (nSPS) is 12.3. The summed E-state index contributed by atoms with van der Waals surface area (Å²) >= 11 is 0. The van der Waals surface area contributed by atoms with Crippen molar-refractivity contribution in [3.63, 3.8) is 0 Å². The molecule has 2 N–H and O–H groups in total. The molecule has 154 valence electrons. The van der Waals surface area contributed by atoms with Gasteiger partial charge in [0.1, 0.15) is 0 Å². The van der Waals surface area contributed by atoms with Gasteiger partial charge in [-0.1, -0.05) is 66.7 Å². The van der Waals surface area contributed by atoms with Crippen molar-refractivity contribution in [2.24, 2.45) is 0 Å². The van der Waals surface area contributed by atoms with Crippen LogP contribution in [-0.2, 0) is 6.18 Å². The lowest BCUT2D eigenvalue weighted by molar-refractivity contribution is -0.139. The lowest BCUT2D eigenvalue weighted by Crippen LogP contribution is -2.30. The number of benzene rings is 3. The number of aliphatic hydroxyl groups excluding tert-OH is 1. The Morgan fingerprint density at radius 3 is 2.07 bits per heavy atom. The van der Waals surface area contributed by atoms with Gasteiger partial charge < -0.3 is 10.4 Å². The SMILES string of the molecule is O=C(NCC(O)c1ccccc1C(F)(F)F)c1ccccc1C(=O)c1ccccc1. The van der Waals surface area contributed by atoms with E-state index in [0.29, 0.717) is 5.56 Å². The highest BCUT2D eigenvalue weighted by Gasteiger charge is 2.34. The Kier molecular flexibility index (Phi) is 6.32. The molecule has 3 rings (SSSR count). The summed E-state index contributed by atoms with van der Waals surface area (Å²) in [5.74, 6) is -1.03. The van der Waals surface area contributed by atoms with Crippen molar-refractivity contribution < 1.29 is 27.9 Å². The van der Waals surface area contributed by atoms with Crippen molar-refractivity contribution in [3.8, 4) is 0 Å². The molecule has 0 saturated carbocycles. The van der Waals surface area contributed by atoms with Gasteiger partial charge in [0.25, 0.3) is 5.91 Å². The molecule has 1 atom stereocenters. The minimum Gasteiger partial charge on any atom is -0.387 e. The van der Waals surface area contributed by atoms with Crippen molar-refractivity contribution in [3.05, 3.63) is 107 Å². The number of rotatable bonds is 6. The van der Waals surface area contributed by atoms with Crippen molar-refractivity contribution in [2.45, 2.75) is 12.3 Å². The second-order valence-corrected chi connectivity index (χ2v) is 6.55. The molecule has 4 nitrogen and oxygen atoms in total. The van der Waals surface area contributed by atoms with Gasteiger partial charge in [0.15, 0.2) is 5.78 Å². The Hall–Kier alpha value is -3.45. The quantitative estimate of drug-likeness (QED) is 0.589. The summed E-state index contributed by atoms with van der Waals surface area (Å²) in [4.78, 5) is 25.4. The van der Waals surface area contributed by atoms with Gasteiger partial charge in [-0.3, -0.25) is 9.59 Å². The van der Waals surface area contributed by atoms with Crippen molar-refractivity contribution in [1.29, 1.82) is 0 Å². The van der Waals surface area contributed by atoms with E-state index in [0.717, 1.165) is 12.1 Å². The molecule has 0 aliphatic carbocycles. The highest BCUT2D eigenvalue weighted by molar-refractivity contribution is 6.15. The maximum absolute atomic E-state index is 13.1. The van der Waals surface area contributed by atoms with Gasteiger partial charge in [-0.2, -0.15) is 13.2 Å². The number of hydrogen-bond donors (Lipinski definition) is 2. The molecule has 0 saturated heterocycles. The van der Waals surface area contributed by atoms with Gasteiger partial charge in [0.05, 0.1) is 17.2 Å². The van der Waals surface area contributed by atoms with Crippen LogP contribution in [-0.4, -0.2) is 23.3 Å². The van der Waals surface area contributed by atoms with E-state index < -0.39 is 30.3 Å². The molecular formula is C23H18F3NO3. The van der Waals surface area contributed by atoms with E-state index >= 15 is 0 Å². The van der Waals surface area contributed by atoms with E-state index in [1.54, 1.807) is 42.5 Å². The zero-order chi connectivity index (χ0) is 21.7. The molecule has 0 bridgehead atoms. The highest BCUT2D eigenvalue weighted by Crippen LogP contribution is 2.34. The number of hydrogen-bond acceptors (Lipinski definition) is 3. The van der Waals surface area contributed by atoms with Crippen molar-refractivity contribution >= 4 is 11.7 Å². The van der Waals surface area contributed by atoms with E-state index in [1.165, 1.54) is 24.3 Å². The second-order valence-electron chi connectivity index (χ2n) is 6.55. The fraction of sp³-hybridized carbons (Fsp3) is 0.130. The molecule has 0 aromatic heterocycles. The first-order chi connectivity index (χ1) is 14.3. The molecule has 3 aromatic rings. The number of amides is 1. The number of carbonyl (C=O) groups excluding carboxylic acids is 2. The van der Waals surface area contributed by atoms with Crippen LogP contribution < -0.4 is 5.32 Å². The number of nitrogens with one attached hydrogen (secondary N) is 1. The van der Waals surface area contributed by atoms with Gasteiger partial charge in [-0.25, -0.2) is 0 Å². The summed E-state index contributed by atoms with van der Waals surface area (Å²) in [6.45, 7) is -0.445. The summed E-state index contributed by atoms with van der Waals surface area (Å²) in [5, 5.41) is 12.6. The Balaban J connectivity index is 1.78. The predicted octanol–water partition coefficient (Wildman–Crippen LogP) is 4.40. The van der Waals surface area contributed by atoms with E-state index in [9.17, 15) is 27.9 Å². The van der Waals surface area contributed by atoms with Gasteiger partial charge in [0, 0.05) is 17.7 Å². The zero-order valence-corrected chi connectivity index (χ0v) is 15.7. The smallest absolute Gasteiger partial charge is 0.387 e. The van der Waals surface area contributed by atoms with Crippen LogP contribution in [0.25, 0.3) is 0 Å². The van der Waals surface area contributed by atoms with Crippen LogP contribution in [0, 0.1) is 0 Å². The second kappa shape index (κ2) is 8.92. The number of aliphatic hydroxyl groups is 1. The molecule has 0 radical (unpaired) electrons. The molecule has 0 aliphatic heterocycles. The molecule has 0 fully saturated rings. The van der Waals surface area contributed by atoms with Gasteiger partial charge in [0.2, 0.25) is 0 Å². The third kappa shape index (κ3) is 4.75. The van der Waals surface area contributed by atoms with Crippen molar-refractivity contribution in [2.75, 3.05) is 6.54 Å². The van der Waals surface area contributed by atoms with Crippen molar-refractivity contribution in [1.82, 2.24) is 5.32 Å². The maximum Gasteiger partial charge on any atom is 0.416 e. The van der Waals surface area contributed by atoms with Crippen LogP contribution in [0.3, 0.4) is 0 Å². The van der Waals surface area contributed by atoms with E-state index in [4.69, 9.17) is 0 Å². The molecule has 30 heavy (non-hydrogen) atoms. The Morgan fingerprint density at radius 2 is 1.40 bits per heavy atom. The van der Waals surface area contributed by atoms with Crippen LogP contribution in [0.4, 0.5) is 13.2 Å².